The number of rotatable bonds is 6. The minimum atomic E-state index is 0.176. The first kappa shape index (κ1) is 19.1. The van der Waals surface area contributed by atoms with Crippen LogP contribution in [0.25, 0.3) is 0 Å². The molecule has 1 fully saturated rings. The van der Waals surface area contributed by atoms with Gasteiger partial charge in [-0.15, -0.1) is 11.6 Å². The van der Waals surface area contributed by atoms with Gasteiger partial charge in [-0.1, -0.05) is 38.3 Å². The summed E-state index contributed by atoms with van der Waals surface area (Å²) in [5.74, 6) is 1.61. The van der Waals surface area contributed by atoms with E-state index in [0.29, 0.717) is 18.2 Å². The van der Waals surface area contributed by atoms with Crippen molar-refractivity contribution in [1.82, 2.24) is 10.2 Å². The van der Waals surface area contributed by atoms with Gasteiger partial charge in [0, 0.05) is 42.4 Å². The standard InChI is InChI=1S/C20H31ClN2O/c1-15-18(12-8-5-9-13-21)23(3)16(2)20(15)22-19(24)14-17-10-6-4-7-11-17/h5,8,12,15,17H,4,6-7,9-11,13-14H2,1-3H3,(H,22,24)/b8-5-,18-12+. The van der Waals surface area contributed by atoms with Gasteiger partial charge in [-0.3, -0.25) is 4.79 Å². The van der Waals surface area contributed by atoms with E-state index in [0.717, 1.165) is 17.8 Å². The quantitative estimate of drug-likeness (QED) is 0.687. The van der Waals surface area contributed by atoms with E-state index in [2.05, 4.69) is 49.3 Å². The third kappa shape index (κ3) is 4.89. The Morgan fingerprint density at radius 2 is 2.04 bits per heavy atom. The lowest BCUT2D eigenvalue weighted by atomic mass is 9.87. The smallest absolute Gasteiger partial charge is 0.224 e. The van der Waals surface area contributed by atoms with Crippen LogP contribution in [0.3, 0.4) is 0 Å². The van der Waals surface area contributed by atoms with Crippen molar-refractivity contribution in [3.05, 3.63) is 35.3 Å². The van der Waals surface area contributed by atoms with Crippen molar-refractivity contribution >= 4 is 17.5 Å². The molecule has 1 unspecified atom stereocenters. The zero-order chi connectivity index (χ0) is 17.5. The summed E-state index contributed by atoms with van der Waals surface area (Å²) in [6.45, 7) is 4.24. The fraction of sp³-hybridized carbons (Fsp3) is 0.650. The number of hydrogen-bond donors (Lipinski definition) is 1. The third-order valence-electron chi connectivity index (χ3n) is 5.31. The first-order valence-corrected chi connectivity index (χ1v) is 9.75. The van der Waals surface area contributed by atoms with E-state index >= 15 is 0 Å². The van der Waals surface area contributed by atoms with Crippen molar-refractivity contribution in [2.24, 2.45) is 11.8 Å². The van der Waals surface area contributed by atoms with Crippen LogP contribution in [-0.4, -0.2) is 23.7 Å². The molecule has 0 aromatic rings. The van der Waals surface area contributed by atoms with Crippen LogP contribution in [0.1, 0.15) is 58.8 Å². The molecule has 1 aliphatic carbocycles. The van der Waals surface area contributed by atoms with E-state index in [1.165, 1.54) is 37.8 Å². The van der Waals surface area contributed by atoms with E-state index in [1.807, 2.05) is 0 Å². The Balaban J connectivity index is 1.97. The van der Waals surface area contributed by atoms with Gasteiger partial charge in [0.15, 0.2) is 0 Å². The molecule has 2 rings (SSSR count). The maximum atomic E-state index is 12.5. The minimum Gasteiger partial charge on any atom is -0.350 e. The fourth-order valence-electron chi connectivity index (χ4n) is 3.76. The van der Waals surface area contributed by atoms with E-state index < -0.39 is 0 Å². The monoisotopic (exact) mass is 350 g/mol. The van der Waals surface area contributed by atoms with Gasteiger partial charge in [0.1, 0.15) is 0 Å². The van der Waals surface area contributed by atoms with Gasteiger partial charge in [0.25, 0.3) is 0 Å². The highest BCUT2D eigenvalue weighted by molar-refractivity contribution is 6.17. The molecule has 1 N–H and O–H groups in total. The van der Waals surface area contributed by atoms with Crippen molar-refractivity contribution in [3.63, 3.8) is 0 Å². The van der Waals surface area contributed by atoms with Crippen LogP contribution in [0.2, 0.25) is 0 Å². The molecule has 1 aliphatic heterocycles. The molecule has 3 nitrogen and oxygen atoms in total. The molecular formula is C20H31ClN2O. The van der Waals surface area contributed by atoms with Gasteiger partial charge < -0.3 is 10.2 Å². The number of nitrogens with zero attached hydrogens (tertiary/aromatic N) is 1. The highest BCUT2D eigenvalue weighted by Gasteiger charge is 2.30. The van der Waals surface area contributed by atoms with Gasteiger partial charge in [-0.25, -0.2) is 0 Å². The third-order valence-corrected chi connectivity index (χ3v) is 5.53. The van der Waals surface area contributed by atoms with E-state index in [4.69, 9.17) is 11.6 Å². The Morgan fingerprint density at radius 3 is 2.71 bits per heavy atom. The highest BCUT2D eigenvalue weighted by atomic mass is 35.5. The van der Waals surface area contributed by atoms with Crippen LogP contribution in [-0.2, 0) is 4.79 Å². The molecule has 1 saturated carbocycles. The summed E-state index contributed by atoms with van der Waals surface area (Å²) in [7, 11) is 2.06. The van der Waals surface area contributed by atoms with Crippen molar-refractivity contribution in [2.75, 3.05) is 12.9 Å². The van der Waals surface area contributed by atoms with Gasteiger partial charge in [-0.2, -0.15) is 0 Å². The second-order valence-corrected chi connectivity index (χ2v) is 7.41. The molecular weight excluding hydrogens is 320 g/mol. The van der Waals surface area contributed by atoms with Crippen LogP contribution in [0.4, 0.5) is 0 Å². The topological polar surface area (TPSA) is 32.3 Å². The Kier molecular flexibility index (Phi) is 7.41. The predicted molar refractivity (Wildman–Crippen MR) is 102 cm³/mol. The highest BCUT2D eigenvalue weighted by Crippen LogP contribution is 2.34. The summed E-state index contributed by atoms with van der Waals surface area (Å²) >= 11 is 5.70. The lowest BCUT2D eigenvalue weighted by Gasteiger charge is -2.21. The normalized spacial score (nSPS) is 24.4. The number of amides is 1. The molecule has 1 atom stereocenters. The van der Waals surface area contributed by atoms with Crippen molar-refractivity contribution in [3.8, 4) is 0 Å². The zero-order valence-corrected chi connectivity index (χ0v) is 16.0. The van der Waals surface area contributed by atoms with Crippen LogP contribution >= 0.6 is 11.6 Å². The van der Waals surface area contributed by atoms with Crippen molar-refractivity contribution in [1.29, 1.82) is 0 Å². The molecule has 134 valence electrons. The second-order valence-electron chi connectivity index (χ2n) is 7.03. The average Bonchev–Trinajstić information content (AvgIpc) is 2.77. The summed E-state index contributed by atoms with van der Waals surface area (Å²) in [5, 5.41) is 3.20. The van der Waals surface area contributed by atoms with Gasteiger partial charge in [0.2, 0.25) is 5.91 Å². The summed E-state index contributed by atoms with van der Waals surface area (Å²) in [6.07, 6.45) is 14.1. The zero-order valence-electron chi connectivity index (χ0n) is 15.3. The lowest BCUT2D eigenvalue weighted by molar-refractivity contribution is -0.121. The summed E-state index contributed by atoms with van der Waals surface area (Å²) in [5.41, 5.74) is 3.40. The molecule has 2 aliphatic rings. The minimum absolute atomic E-state index is 0.176. The van der Waals surface area contributed by atoms with Gasteiger partial charge in [-0.05, 0) is 38.2 Å². The number of alkyl halides is 1. The summed E-state index contributed by atoms with van der Waals surface area (Å²) in [4.78, 5) is 14.6. The number of nitrogens with one attached hydrogen (secondary N) is 1. The Labute approximate surface area is 151 Å². The molecule has 0 bridgehead atoms. The van der Waals surface area contributed by atoms with Crippen LogP contribution in [0, 0.1) is 11.8 Å². The summed E-state index contributed by atoms with van der Waals surface area (Å²) < 4.78 is 0. The van der Waals surface area contributed by atoms with Crippen LogP contribution < -0.4 is 5.32 Å². The van der Waals surface area contributed by atoms with Crippen molar-refractivity contribution in [2.45, 2.75) is 58.8 Å². The second kappa shape index (κ2) is 9.31. The summed E-state index contributed by atoms with van der Waals surface area (Å²) in [6, 6.07) is 0. The number of allylic oxidation sites excluding steroid dienone is 4. The molecule has 0 saturated heterocycles. The Morgan fingerprint density at radius 1 is 1.33 bits per heavy atom. The lowest BCUT2D eigenvalue weighted by Crippen LogP contribution is -2.28. The number of carbonyl (C=O) groups excluding carboxylic acids is 1. The molecule has 1 heterocycles. The maximum Gasteiger partial charge on any atom is 0.224 e. The molecule has 0 radical (unpaired) electrons. The number of halogens is 1. The van der Waals surface area contributed by atoms with Crippen LogP contribution in [0.15, 0.2) is 35.3 Å². The maximum absolute atomic E-state index is 12.5. The number of hydrogen-bond acceptors (Lipinski definition) is 2. The predicted octanol–water partition coefficient (Wildman–Crippen LogP) is 4.96. The van der Waals surface area contributed by atoms with Gasteiger partial charge in [0.05, 0.1) is 0 Å². The SMILES string of the molecule is CC1=C(NC(=O)CC2CCCCC2)C(C)/C(=C\C=C/CCCl)N1C. The fourth-order valence-corrected chi connectivity index (χ4v) is 3.89. The van der Waals surface area contributed by atoms with E-state index in [1.54, 1.807) is 0 Å². The molecule has 24 heavy (non-hydrogen) atoms. The number of carbonyl (C=O) groups is 1. The van der Waals surface area contributed by atoms with Crippen LogP contribution in [0.5, 0.6) is 0 Å². The Hall–Kier alpha value is -1.22. The molecule has 0 spiro atoms. The Bertz CT molecular complexity index is 530. The van der Waals surface area contributed by atoms with Gasteiger partial charge >= 0.3 is 0 Å². The first-order valence-electron chi connectivity index (χ1n) is 9.21. The first-order chi connectivity index (χ1) is 11.5. The molecule has 1 amide bonds. The average molecular weight is 351 g/mol. The largest absolute Gasteiger partial charge is 0.350 e. The van der Waals surface area contributed by atoms with E-state index in [9.17, 15) is 4.79 Å². The molecule has 4 heteroatoms. The van der Waals surface area contributed by atoms with Crippen molar-refractivity contribution < 1.29 is 4.79 Å². The molecule has 0 aromatic carbocycles. The molecule has 0 aromatic heterocycles. The van der Waals surface area contributed by atoms with E-state index in [-0.39, 0.29) is 11.8 Å².